The third-order valence-electron chi connectivity index (χ3n) is 3.88. The lowest BCUT2D eigenvalue weighted by Crippen LogP contribution is -2.49. The number of aryl methyl sites for hydroxylation is 1. The molecule has 1 fully saturated rings. The van der Waals surface area contributed by atoms with Crippen LogP contribution in [0.15, 0.2) is 23.1 Å². The predicted molar refractivity (Wildman–Crippen MR) is 74.7 cm³/mol. The molecule has 0 saturated heterocycles. The molecule has 6 heteroatoms. The van der Waals surface area contributed by atoms with Gasteiger partial charge in [-0.3, -0.25) is 0 Å². The van der Waals surface area contributed by atoms with Crippen LogP contribution in [-0.4, -0.2) is 27.7 Å². The fourth-order valence-corrected chi connectivity index (χ4v) is 3.69. The Labute approximate surface area is 119 Å². The second-order valence-electron chi connectivity index (χ2n) is 5.16. The monoisotopic (exact) mass is 294 g/mol. The molecule has 20 heavy (non-hydrogen) atoms. The molecule has 1 aromatic rings. The number of nitrogens with zero attached hydrogens (tertiary/aromatic N) is 1. The normalized spacial score (nSPS) is 17.2. The molecular formula is C14H18N2O3S. The number of nitriles is 1. The molecule has 108 valence electrons. The van der Waals surface area contributed by atoms with Gasteiger partial charge in [-0.25, -0.2) is 13.1 Å². The molecule has 0 atom stereocenters. The number of methoxy groups -OCH3 is 1. The highest BCUT2D eigenvalue weighted by atomic mass is 32.2. The van der Waals surface area contributed by atoms with Crippen LogP contribution in [0.25, 0.3) is 0 Å². The molecule has 1 saturated carbocycles. The third-order valence-corrected chi connectivity index (χ3v) is 5.44. The van der Waals surface area contributed by atoms with Crippen LogP contribution in [-0.2, 0) is 14.8 Å². The minimum Gasteiger partial charge on any atom is -0.377 e. The Morgan fingerprint density at radius 3 is 2.60 bits per heavy atom. The Morgan fingerprint density at radius 2 is 2.15 bits per heavy atom. The summed E-state index contributed by atoms with van der Waals surface area (Å²) in [6.07, 6.45) is 2.81. The Kier molecular flexibility index (Phi) is 4.14. The predicted octanol–water partition coefficient (Wildman–Crippen LogP) is 1.71. The van der Waals surface area contributed by atoms with E-state index in [9.17, 15) is 8.42 Å². The van der Waals surface area contributed by atoms with Crippen molar-refractivity contribution in [3.8, 4) is 6.07 Å². The minimum absolute atomic E-state index is 0.210. The van der Waals surface area contributed by atoms with Crippen molar-refractivity contribution in [2.45, 2.75) is 36.7 Å². The van der Waals surface area contributed by atoms with Crippen LogP contribution in [0.2, 0.25) is 0 Å². The van der Waals surface area contributed by atoms with Gasteiger partial charge in [0.2, 0.25) is 10.0 Å². The number of sulfonamides is 1. The number of nitrogens with one attached hydrogen (secondary N) is 1. The average Bonchev–Trinajstić information content (AvgIpc) is 2.37. The SMILES string of the molecule is COC1(CNS(=O)(=O)c2ccc(C#N)cc2C)CCC1. The van der Waals surface area contributed by atoms with E-state index in [4.69, 9.17) is 10.00 Å². The second kappa shape index (κ2) is 5.52. The molecule has 0 aromatic heterocycles. The highest BCUT2D eigenvalue weighted by molar-refractivity contribution is 7.89. The highest BCUT2D eigenvalue weighted by Gasteiger charge is 2.38. The fourth-order valence-electron chi connectivity index (χ4n) is 2.35. The van der Waals surface area contributed by atoms with Crippen LogP contribution in [0, 0.1) is 18.3 Å². The van der Waals surface area contributed by atoms with E-state index in [2.05, 4.69) is 4.72 Å². The maximum absolute atomic E-state index is 12.3. The zero-order chi connectivity index (χ0) is 14.8. The molecule has 0 bridgehead atoms. The zero-order valence-electron chi connectivity index (χ0n) is 11.6. The standard InChI is InChI=1S/C14H18N2O3S/c1-11-8-12(9-15)4-5-13(11)20(17,18)16-10-14(19-2)6-3-7-14/h4-5,8,16H,3,6-7,10H2,1-2H3. The first kappa shape index (κ1) is 15.0. The lowest BCUT2D eigenvalue weighted by molar-refractivity contribution is -0.0659. The molecule has 0 radical (unpaired) electrons. The summed E-state index contributed by atoms with van der Waals surface area (Å²) >= 11 is 0. The van der Waals surface area contributed by atoms with Crippen LogP contribution in [0.5, 0.6) is 0 Å². The molecule has 0 heterocycles. The van der Waals surface area contributed by atoms with E-state index in [0.29, 0.717) is 11.1 Å². The number of ether oxygens (including phenoxy) is 1. The smallest absolute Gasteiger partial charge is 0.240 e. The van der Waals surface area contributed by atoms with Crippen molar-refractivity contribution in [3.63, 3.8) is 0 Å². The minimum atomic E-state index is -3.57. The molecule has 1 aliphatic carbocycles. The van der Waals surface area contributed by atoms with Gasteiger partial charge >= 0.3 is 0 Å². The Bertz CT molecular complexity index is 637. The third kappa shape index (κ3) is 2.85. The fraction of sp³-hybridized carbons (Fsp3) is 0.500. The van der Waals surface area contributed by atoms with Crippen LogP contribution in [0.3, 0.4) is 0 Å². The van der Waals surface area contributed by atoms with Crippen molar-refractivity contribution in [2.75, 3.05) is 13.7 Å². The summed E-state index contributed by atoms with van der Waals surface area (Å²) in [5.41, 5.74) is 0.665. The second-order valence-corrected chi connectivity index (χ2v) is 6.89. The Balaban J connectivity index is 2.17. The van der Waals surface area contributed by atoms with E-state index in [1.54, 1.807) is 20.1 Å². The van der Waals surface area contributed by atoms with Gasteiger partial charge in [0.05, 0.1) is 22.1 Å². The van der Waals surface area contributed by atoms with E-state index in [1.165, 1.54) is 12.1 Å². The molecular weight excluding hydrogens is 276 g/mol. The van der Waals surface area contributed by atoms with Gasteiger partial charge in [-0.15, -0.1) is 0 Å². The zero-order valence-corrected chi connectivity index (χ0v) is 12.5. The molecule has 0 unspecified atom stereocenters. The lowest BCUT2D eigenvalue weighted by Gasteiger charge is -2.40. The number of hydrogen-bond acceptors (Lipinski definition) is 4. The van der Waals surface area contributed by atoms with Crippen LogP contribution < -0.4 is 4.72 Å². The van der Waals surface area contributed by atoms with E-state index < -0.39 is 10.0 Å². The topological polar surface area (TPSA) is 79.2 Å². The van der Waals surface area contributed by atoms with Gasteiger partial charge in [-0.2, -0.15) is 5.26 Å². The Hall–Kier alpha value is -1.42. The first-order valence-corrected chi connectivity index (χ1v) is 7.96. The number of rotatable bonds is 5. The van der Waals surface area contributed by atoms with Crippen LogP contribution in [0.4, 0.5) is 0 Å². The molecule has 2 rings (SSSR count). The van der Waals surface area contributed by atoms with Crippen LogP contribution in [0.1, 0.15) is 30.4 Å². The summed E-state index contributed by atoms with van der Waals surface area (Å²) in [5, 5.41) is 8.81. The Morgan fingerprint density at radius 1 is 1.45 bits per heavy atom. The molecule has 1 aromatic carbocycles. The molecule has 1 N–H and O–H groups in total. The van der Waals surface area contributed by atoms with Gasteiger partial charge in [0.25, 0.3) is 0 Å². The number of hydrogen-bond donors (Lipinski definition) is 1. The van der Waals surface area contributed by atoms with Gasteiger partial charge in [0.15, 0.2) is 0 Å². The van der Waals surface area contributed by atoms with Crippen molar-refractivity contribution in [1.29, 1.82) is 5.26 Å². The summed E-state index contributed by atoms with van der Waals surface area (Å²) < 4.78 is 32.6. The molecule has 0 spiro atoms. The van der Waals surface area contributed by atoms with Crippen molar-refractivity contribution in [2.24, 2.45) is 0 Å². The summed E-state index contributed by atoms with van der Waals surface area (Å²) in [7, 11) is -1.96. The summed E-state index contributed by atoms with van der Waals surface area (Å²) in [5.74, 6) is 0. The molecule has 0 aliphatic heterocycles. The quantitative estimate of drug-likeness (QED) is 0.896. The first-order chi connectivity index (χ1) is 9.42. The van der Waals surface area contributed by atoms with E-state index in [-0.39, 0.29) is 17.0 Å². The van der Waals surface area contributed by atoms with E-state index in [0.717, 1.165) is 19.3 Å². The van der Waals surface area contributed by atoms with Crippen LogP contribution >= 0.6 is 0 Å². The molecule has 1 aliphatic rings. The van der Waals surface area contributed by atoms with E-state index >= 15 is 0 Å². The first-order valence-electron chi connectivity index (χ1n) is 6.48. The summed E-state index contributed by atoms with van der Waals surface area (Å²) in [4.78, 5) is 0.210. The van der Waals surface area contributed by atoms with Crippen molar-refractivity contribution in [3.05, 3.63) is 29.3 Å². The number of benzene rings is 1. The summed E-state index contributed by atoms with van der Waals surface area (Å²) in [6.45, 7) is 1.97. The van der Waals surface area contributed by atoms with E-state index in [1.807, 2.05) is 6.07 Å². The van der Waals surface area contributed by atoms with Crippen molar-refractivity contribution >= 4 is 10.0 Å². The maximum Gasteiger partial charge on any atom is 0.240 e. The van der Waals surface area contributed by atoms with Gasteiger partial charge < -0.3 is 4.74 Å². The van der Waals surface area contributed by atoms with Gasteiger partial charge in [0, 0.05) is 13.7 Å². The lowest BCUT2D eigenvalue weighted by atomic mass is 9.80. The molecule has 0 amide bonds. The largest absolute Gasteiger partial charge is 0.377 e. The van der Waals surface area contributed by atoms with Gasteiger partial charge in [-0.1, -0.05) is 0 Å². The summed E-state index contributed by atoms with van der Waals surface area (Å²) in [6, 6.07) is 6.55. The maximum atomic E-state index is 12.3. The average molecular weight is 294 g/mol. The van der Waals surface area contributed by atoms with Crippen molar-refractivity contribution in [1.82, 2.24) is 4.72 Å². The van der Waals surface area contributed by atoms with Gasteiger partial charge in [-0.05, 0) is 49.9 Å². The van der Waals surface area contributed by atoms with Gasteiger partial charge in [0.1, 0.15) is 0 Å². The highest BCUT2D eigenvalue weighted by Crippen LogP contribution is 2.34. The molecule has 5 nitrogen and oxygen atoms in total. The van der Waals surface area contributed by atoms with Crippen molar-refractivity contribution < 1.29 is 13.2 Å².